The highest BCUT2D eigenvalue weighted by Crippen LogP contribution is 2.24. The average Bonchev–Trinajstić information content (AvgIpc) is 2.28. The lowest BCUT2D eigenvalue weighted by Crippen LogP contribution is -2.04. The molecule has 0 saturated carbocycles. The zero-order valence-electron chi connectivity index (χ0n) is 10.0. The predicted octanol–water partition coefficient (Wildman–Crippen LogP) is 3.49. The summed E-state index contributed by atoms with van der Waals surface area (Å²) in [6, 6.07) is 6.54. The molecule has 0 aliphatic heterocycles. The number of hydrogen-bond donors (Lipinski definition) is 0. The molecule has 0 radical (unpaired) electrons. The van der Waals surface area contributed by atoms with Gasteiger partial charge in [-0.3, -0.25) is 0 Å². The minimum atomic E-state index is -3.64. The van der Waals surface area contributed by atoms with Gasteiger partial charge < -0.3 is 4.74 Å². The van der Waals surface area contributed by atoms with Gasteiger partial charge in [-0.2, -0.15) is 0 Å². The van der Waals surface area contributed by atoms with Crippen molar-refractivity contribution >= 4 is 19.7 Å². The van der Waals surface area contributed by atoms with E-state index in [1.807, 2.05) is 6.92 Å². The van der Waals surface area contributed by atoms with Crippen molar-refractivity contribution in [3.8, 4) is 0 Å². The molecule has 96 valence electrons. The van der Waals surface area contributed by atoms with Gasteiger partial charge in [-0.1, -0.05) is 25.5 Å². The van der Waals surface area contributed by atoms with Crippen molar-refractivity contribution in [3.05, 3.63) is 29.8 Å². The van der Waals surface area contributed by atoms with Crippen molar-refractivity contribution in [1.29, 1.82) is 0 Å². The van der Waals surface area contributed by atoms with Gasteiger partial charge in [0.1, 0.15) is 0 Å². The van der Waals surface area contributed by atoms with E-state index in [2.05, 4.69) is 6.92 Å². The lowest BCUT2D eigenvalue weighted by Gasteiger charge is -2.16. The molecular formula is C12H17ClO3S. The molecule has 0 spiro atoms. The Morgan fingerprint density at radius 1 is 1.24 bits per heavy atom. The van der Waals surface area contributed by atoms with Crippen LogP contribution >= 0.6 is 10.7 Å². The summed E-state index contributed by atoms with van der Waals surface area (Å²) in [5, 5.41) is 0. The largest absolute Gasteiger partial charge is 0.374 e. The summed E-state index contributed by atoms with van der Waals surface area (Å²) >= 11 is 0. The van der Waals surface area contributed by atoms with Crippen molar-refractivity contribution < 1.29 is 13.2 Å². The van der Waals surface area contributed by atoms with Gasteiger partial charge in [-0.05, 0) is 31.0 Å². The van der Waals surface area contributed by atoms with Crippen molar-refractivity contribution in [2.45, 2.75) is 37.7 Å². The molecular weight excluding hydrogens is 260 g/mol. The van der Waals surface area contributed by atoms with Crippen molar-refractivity contribution in [3.63, 3.8) is 0 Å². The quantitative estimate of drug-likeness (QED) is 0.747. The second-order valence-corrected chi connectivity index (χ2v) is 6.31. The molecule has 0 aromatic heterocycles. The predicted molar refractivity (Wildman–Crippen MR) is 68.8 cm³/mol. The van der Waals surface area contributed by atoms with Crippen molar-refractivity contribution in [1.82, 2.24) is 0 Å². The fourth-order valence-electron chi connectivity index (χ4n) is 1.65. The Balaban J connectivity index is 2.91. The highest BCUT2D eigenvalue weighted by atomic mass is 35.7. The first-order valence-electron chi connectivity index (χ1n) is 5.65. The first kappa shape index (κ1) is 14.5. The third-order valence-corrected chi connectivity index (χ3v) is 3.82. The Labute approximate surface area is 107 Å². The highest BCUT2D eigenvalue weighted by molar-refractivity contribution is 8.13. The molecule has 0 heterocycles. The van der Waals surface area contributed by atoms with Gasteiger partial charge in [0.05, 0.1) is 11.0 Å². The molecule has 1 rings (SSSR count). The smallest absolute Gasteiger partial charge is 0.261 e. The molecule has 1 aromatic rings. The van der Waals surface area contributed by atoms with Crippen molar-refractivity contribution in [2.24, 2.45) is 0 Å². The Morgan fingerprint density at radius 3 is 2.24 bits per heavy atom. The molecule has 0 aliphatic carbocycles. The molecule has 0 fully saturated rings. The summed E-state index contributed by atoms with van der Waals surface area (Å²) in [5.41, 5.74) is 0.984. The average molecular weight is 277 g/mol. The van der Waals surface area contributed by atoms with E-state index in [1.54, 1.807) is 12.1 Å². The van der Waals surface area contributed by atoms with E-state index < -0.39 is 9.05 Å². The second kappa shape index (κ2) is 6.38. The van der Waals surface area contributed by atoms with E-state index in [0.717, 1.165) is 18.4 Å². The van der Waals surface area contributed by atoms with E-state index in [4.69, 9.17) is 15.4 Å². The Hall–Kier alpha value is -0.580. The third kappa shape index (κ3) is 4.30. The summed E-state index contributed by atoms with van der Waals surface area (Å²) in [6.07, 6.45) is 1.96. The number of hydrogen-bond acceptors (Lipinski definition) is 3. The van der Waals surface area contributed by atoms with Crippen LogP contribution in [0.5, 0.6) is 0 Å². The lowest BCUT2D eigenvalue weighted by atomic mass is 10.1. The van der Waals surface area contributed by atoms with E-state index in [-0.39, 0.29) is 11.0 Å². The summed E-state index contributed by atoms with van der Waals surface area (Å²) in [7, 11) is 1.62. The number of ether oxygens (including phenoxy) is 1. The summed E-state index contributed by atoms with van der Waals surface area (Å²) in [6.45, 7) is 4.67. The summed E-state index contributed by atoms with van der Waals surface area (Å²) < 4.78 is 27.8. The maximum Gasteiger partial charge on any atom is 0.261 e. The Kier molecular flexibility index (Phi) is 5.43. The molecule has 0 N–H and O–H groups in total. The lowest BCUT2D eigenvalue weighted by molar-refractivity contribution is 0.0556. The van der Waals surface area contributed by atoms with Crippen LogP contribution in [0, 0.1) is 0 Å². The van der Waals surface area contributed by atoms with Crippen LogP contribution in [0.2, 0.25) is 0 Å². The normalized spacial score (nSPS) is 13.6. The van der Waals surface area contributed by atoms with Gasteiger partial charge in [-0.15, -0.1) is 0 Å². The van der Waals surface area contributed by atoms with Gasteiger partial charge in [0.2, 0.25) is 0 Å². The Bertz CT molecular complexity index is 433. The SMILES string of the molecule is CCC[C@@H](OCC)c1ccc(S(=O)(=O)Cl)cc1. The van der Waals surface area contributed by atoms with Crippen LogP contribution in [-0.4, -0.2) is 15.0 Å². The molecule has 3 nitrogen and oxygen atoms in total. The minimum absolute atomic E-state index is 0.0251. The molecule has 1 atom stereocenters. The standard InChI is InChI=1S/C12H17ClO3S/c1-3-5-12(16-4-2)10-6-8-11(9-7-10)17(13,14)15/h6-9,12H,3-5H2,1-2H3/t12-/m1/s1. The van der Waals surface area contributed by atoms with Gasteiger partial charge in [0, 0.05) is 17.3 Å². The van der Waals surface area contributed by atoms with Crippen LogP contribution in [-0.2, 0) is 13.8 Å². The van der Waals surface area contributed by atoms with E-state index in [9.17, 15) is 8.42 Å². The van der Waals surface area contributed by atoms with Gasteiger partial charge in [-0.25, -0.2) is 8.42 Å². The van der Waals surface area contributed by atoms with Gasteiger partial charge >= 0.3 is 0 Å². The number of benzene rings is 1. The van der Waals surface area contributed by atoms with Crippen LogP contribution < -0.4 is 0 Å². The third-order valence-electron chi connectivity index (χ3n) is 2.45. The minimum Gasteiger partial charge on any atom is -0.374 e. The molecule has 0 saturated heterocycles. The van der Waals surface area contributed by atoms with E-state index >= 15 is 0 Å². The second-order valence-electron chi connectivity index (χ2n) is 3.74. The topological polar surface area (TPSA) is 43.4 Å². The molecule has 5 heteroatoms. The molecule has 0 bridgehead atoms. The number of rotatable bonds is 6. The highest BCUT2D eigenvalue weighted by Gasteiger charge is 2.13. The molecule has 0 unspecified atom stereocenters. The maximum atomic E-state index is 11.1. The molecule has 0 amide bonds. The van der Waals surface area contributed by atoms with Crippen molar-refractivity contribution in [2.75, 3.05) is 6.61 Å². The van der Waals surface area contributed by atoms with Crippen LogP contribution in [0.4, 0.5) is 0 Å². The van der Waals surface area contributed by atoms with Crippen LogP contribution in [0.3, 0.4) is 0 Å². The molecule has 0 aliphatic rings. The maximum absolute atomic E-state index is 11.1. The Morgan fingerprint density at radius 2 is 1.82 bits per heavy atom. The fourth-order valence-corrected chi connectivity index (χ4v) is 2.42. The van der Waals surface area contributed by atoms with Gasteiger partial charge in [0.25, 0.3) is 9.05 Å². The van der Waals surface area contributed by atoms with E-state index in [1.165, 1.54) is 12.1 Å². The van der Waals surface area contributed by atoms with Gasteiger partial charge in [0.15, 0.2) is 0 Å². The summed E-state index contributed by atoms with van der Waals surface area (Å²) in [4.78, 5) is 0.120. The first-order valence-corrected chi connectivity index (χ1v) is 7.96. The fraction of sp³-hybridized carbons (Fsp3) is 0.500. The van der Waals surface area contributed by atoms with Crippen LogP contribution in [0.1, 0.15) is 38.4 Å². The molecule has 1 aromatic carbocycles. The summed E-state index contributed by atoms with van der Waals surface area (Å²) in [5.74, 6) is 0. The monoisotopic (exact) mass is 276 g/mol. The zero-order valence-corrected chi connectivity index (χ0v) is 11.6. The zero-order chi connectivity index (χ0) is 12.9. The molecule has 17 heavy (non-hydrogen) atoms. The van der Waals surface area contributed by atoms with E-state index in [0.29, 0.717) is 6.61 Å². The number of halogens is 1. The first-order chi connectivity index (χ1) is 7.99. The van der Waals surface area contributed by atoms with Crippen LogP contribution in [0.25, 0.3) is 0 Å². The van der Waals surface area contributed by atoms with Crippen LogP contribution in [0.15, 0.2) is 29.2 Å².